The summed E-state index contributed by atoms with van der Waals surface area (Å²) in [6.45, 7) is 2.86. The number of anilines is 1. The monoisotopic (exact) mass is 312 g/mol. The number of unbranched alkanes of at least 4 members (excludes halogenated alkanes) is 1. The summed E-state index contributed by atoms with van der Waals surface area (Å²) in [5.74, 6) is -0.0888. The maximum Gasteiger partial charge on any atom is 0.335 e. The molecule has 0 spiro atoms. The lowest BCUT2D eigenvalue weighted by atomic mass is 10.2. The molecule has 5 heteroatoms. The minimum absolute atomic E-state index is 0.248. The summed E-state index contributed by atoms with van der Waals surface area (Å²) in [5.41, 5.74) is 4.78. The third-order valence-corrected chi connectivity index (χ3v) is 3.19. The summed E-state index contributed by atoms with van der Waals surface area (Å²) >= 11 is 0. The average molecular weight is 312 g/mol. The zero-order valence-corrected chi connectivity index (χ0v) is 13.0. The fourth-order valence-corrected chi connectivity index (χ4v) is 1.85. The van der Waals surface area contributed by atoms with E-state index in [1.807, 2.05) is 24.3 Å². The summed E-state index contributed by atoms with van der Waals surface area (Å²) in [7, 11) is 0. The van der Waals surface area contributed by atoms with Crippen molar-refractivity contribution < 1.29 is 14.6 Å². The Bertz CT molecular complexity index is 649. The highest BCUT2D eigenvalue weighted by Gasteiger charge is 2.00. The number of nitrogens with one attached hydrogen (secondary N) is 1. The first-order valence-corrected chi connectivity index (χ1v) is 7.54. The third kappa shape index (κ3) is 5.47. The molecule has 0 unspecified atom stereocenters. The molecule has 2 rings (SSSR count). The van der Waals surface area contributed by atoms with E-state index in [-0.39, 0.29) is 5.56 Å². The Morgan fingerprint density at radius 2 is 1.87 bits per heavy atom. The van der Waals surface area contributed by atoms with Gasteiger partial charge in [0, 0.05) is 0 Å². The van der Waals surface area contributed by atoms with Gasteiger partial charge in [-0.25, -0.2) is 4.79 Å². The first kappa shape index (κ1) is 16.5. The van der Waals surface area contributed by atoms with Crippen molar-refractivity contribution in [1.29, 1.82) is 0 Å². The normalized spacial score (nSPS) is 10.7. The van der Waals surface area contributed by atoms with Gasteiger partial charge in [-0.2, -0.15) is 5.10 Å². The van der Waals surface area contributed by atoms with Gasteiger partial charge in [0.05, 0.1) is 24.1 Å². The molecule has 5 nitrogen and oxygen atoms in total. The molecule has 0 heterocycles. The molecule has 0 saturated heterocycles. The molecule has 2 aromatic rings. The molecule has 0 fully saturated rings. The van der Waals surface area contributed by atoms with E-state index in [9.17, 15) is 4.79 Å². The molecule has 120 valence electrons. The number of carboxylic acids is 1. The molecule has 0 amide bonds. The van der Waals surface area contributed by atoms with Gasteiger partial charge in [-0.1, -0.05) is 13.3 Å². The van der Waals surface area contributed by atoms with Crippen molar-refractivity contribution >= 4 is 17.9 Å². The molecule has 2 N–H and O–H groups in total. The summed E-state index contributed by atoms with van der Waals surface area (Å²) < 4.78 is 5.60. The number of aromatic carboxylic acids is 1. The van der Waals surface area contributed by atoms with Gasteiger partial charge in [0.2, 0.25) is 0 Å². The third-order valence-electron chi connectivity index (χ3n) is 3.19. The summed E-state index contributed by atoms with van der Waals surface area (Å²) in [4.78, 5) is 10.8. The fraction of sp³-hybridized carbons (Fsp3) is 0.222. The van der Waals surface area contributed by atoms with Crippen LogP contribution < -0.4 is 10.2 Å². The maximum atomic E-state index is 10.8. The van der Waals surface area contributed by atoms with Crippen molar-refractivity contribution in [3.05, 3.63) is 59.7 Å². The first-order valence-electron chi connectivity index (χ1n) is 7.54. The van der Waals surface area contributed by atoms with Crippen LogP contribution in [-0.2, 0) is 0 Å². The van der Waals surface area contributed by atoms with Gasteiger partial charge in [0.25, 0.3) is 0 Å². The van der Waals surface area contributed by atoms with E-state index in [4.69, 9.17) is 9.84 Å². The Kier molecular flexibility index (Phi) is 6.17. The highest BCUT2D eigenvalue weighted by atomic mass is 16.5. The van der Waals surface area contributed by atoms with E-state index >= 15 is 0 Å². The molecular formula is C18H20N2O3. The number of hydrogen-bond acceptors (Lipinski definition) is 4. The lowest BCUT2D eigenvalue weighted by Crippen LogP contribution is -1.97. The number of hydrogen-bond donors (Lipinski definition) is 2. The van der Waals surface area contributed by atoms with Crippen LogP contribution in [0.5, 0.6) is 5.75 Å². The maximum absolute atomic E-state index is 10.8. The second-order valence-corrected chi connectivity index (χ2v) is 5.02. The van der Waals surface area contributed by atoms with E-state index < -0.39 is 5.97 Å². The summed E-state index contributed by atoms with van der Waals surface area (Å²) in [6, 6.07) is 14.1. The molecule has 2 aromatic carbocycles. The largest absolute Gasteiger partial charge is 0.494 e. The molecule has 0 aliphatic carbocycles. The van der Waals surface area contributed by atoms with Crippen molar-refractivity contribution in [2.24, 2.45) is 5.10 Å². The van der Waals surface area contributed by atoms with Gasteiger partial charge in [0.15, 0.2) is 0 Å². The van der Waals surface area contributed by atoms with Crippen LogP contribution in [0.4, 0.5) is 5.69 Å². The van der Waals surface area contributed by atoms with Crippen LogP contribution in [0.2, 0.25) is 0 Å². The van der Waals surface area contributed by atoms with Crippen LogP contribution in [-0.4, -0.2) is 23.9 Å². The average Bonchev–Trinajstić information content (AvgIpc) is 2.57. The van der Waals surface area contributed by atoms with Gasteiger partial charge in [-0.05, 0) is 60.5 Å². The van der Waals surface area contributed by atoms with E-state index in [1.54, 1.807) is 18.3 Å². The van der Waals surface area contributed by atoms with E-state index in [0.717, 1.165) is 36.4 Å². The van der Waals surface area contributed by atoms with Crippen LogP contribution in [0.25, 0.3) is 0 Å². The van der Waals surface area contributed by atoms with Crippen LogP contribution in [0.3, 0.4) is 0 Å². The van der Waals surface area contributed by atoms with Crippen molar-refractivity contribution in [3.8, 4) is 5.75 Å². The van der Waals surface area contributed by atoms with E-state index in [2.05, 4.69) is 17.5 Å². The Balaban J connectivity index is 1.86. The topological polar surface area (TPSA) is 70.9 Å². The Labute approximate surface area is 135 Å². The molecule has 0 aliphatic heterocycles. The number of carboxylic acid groups (broad SMARTS) is 1. The summed E-state index contributed by atoms with van der Waals surface area (Å²) in [6.07, 6.45) is 3.86. The van der Waals surface area contributed by atoms with E-state index in [1.165, 1.54) is 12.1 Å². The molecule has 0 aliphatic rings. The number of ether oxygens (including phenoxy) is 1. The first-order chi connectivity index (χ1) is 11.2. The van der Waals surface area contributed by atoms with Gasteiger partial charge >= 0.3 is 5.97 Å². The van der Waals surface area contributed by atoms with E-state index in [0.29, 0.717) is 0 Å². The molecule has 0 atom stereocenters. The van der Waals surface area contributed by atoms with Gasteiger partial charge < -0.3 is 9.84 Å². The van der Waals surface area contributed by atoms with Crippen LogP contribution in [0.1, 0.15) is 35.7 Å². The number of rotatable bonds is 8. The molecule has 0 aromatic heterocycles. The predicted molar refractivity (Wildman–Crippen MR) is 91.5 cm³/mol. The Morgan fingerprint density at radius 3 is 2.48 bits per heavy atom. The fourth-order valence-electron chi connectivity index (χ4n) is 1.85. The minimum Gasteiger partial charge on any atom is -0.494 e. The SMILES string of the molecule is CCCCOc1ccc(/C=N\Nc2ccc(C(=O)O)cc2)cc1. The minimum atomic E-state index is -0.943. The number of hydrazone groups is 1. The Morgan fingerprint density at radius 1 is 1.17 bits per heavy atom. The van der Waals surface area contributed by atoms with Gasteiger partial charge in [-0.15, -0.1) is 0 Å². The quantitative estimate of drug-likeness (QED) is 0.439. The predicted octanol–water partition coefficient (Wildman–Crippen LogP) is 4.01. The highest BCUT2D eigenvalue weighted by Crippen LogP contribution is 2.12. The molecular weight excluding hydrogens is 292 g/mol. The number of carbonyl (C=O) groups is 1. The molecule has 0 saturated carbocycles. The van der Waals surface area contributed by atoms with Crippen molar-refractivity contribution in [3.63, 3.8) is 0 Å². The van der Waals surface area contributed by atoms with Crippen LogP contribution in [0, 0.1) is 0 Å². The highest BCUT2D eigenvalue weighted by molar-refractivity contribution is 5.88. The lowest BCUT2D eigenvalue weighted by molar-refractivity contribution is 0.0697. The molecule has 0 radical (unpaired) electrons. The zero-order valence-electron chi connectivity index (χ0n) is 13.0. The number of nitrogens with zero attached hydrogens (tertiary/aromatic N) is 1. The smallest absolute Gasteiger partial charge is 0.335 e. The number of benzene rings is 2. The van der Waals surface area contributed by atoms with Crippen LogP contribution >= 0.6 is 0 Å². The van der Waals surface area contributed by atoms with Crippen molar-refractivity contribution in [1.82, 2.24) is 0 Å². The Hall–Kier alpha value is -2.82. The molecule has 23 heavy (non-hydrogen) atoms. The zero-order chi connectivity index (χ0) is 16.5. The second kappa shape index (κ2) is 8.58. The second-order valence-electron chi connectivity index (χ2n) is 5.02. The lowest BCUT2D eigenvalue weighted by Gasteiger charge is -2.05. The van der Waals surface area contributed by atoms with Gasteiger partial charge in [0.1, 0.15) is 5.75 Å². The van der Waals surface area contributed by atoms with Crippen molar-refractivity contribution in [2.75, 3.05) is 12.0 Å². The molecule has 0 bridgehead atoms. The summed E-state index contributed by atoms with van der Waals surface area (Å²) in [5, 5.41) is 13.0. The standard InChI is InChI=1S/C18H20N2O3/c1-2-3-12-23-17-10-4-14(5-11-17)13-19-20-16-8-6-15(7-9-16)18(21)22/h4-11,13,20H,2-3,12H2,1H3,(H,21,22)/b19-13-. The van der Waals surface area contributed by atoms with Crippen molar-refractivity contribution in [2.45, 2.75) is 19.8 Å². The van der Waals surface area contributed by atoms with Crippen LogP contribution in [0.15, 0.2) is 53.6 Å². The van der Waals surface area contributed by atoms with Gasteiger partial charge in [-0.3, -0.25) is 5.43 Å².